The number of benzene rings is 1. The summed E-state index contributed by atoms with van der Waals surface area (Å²) in [6.07, 6.45) is 7.04. The molecule has 0 saturated carbocycles. The number of piperidine rings is 1. The predicted molar refractivity (Wildman–Crippen MR) is 90.0 cm³/mol. The van der Waals surface area contributed by atoms with Crippen molar-refractivity contribution in [3.63, 3.8) is 0 Å². The maximum atomic E-state index is 12.4. The molecule has 0 radical (unpaired) electrons. The van der Waals surface area contributed by atoms with Gasteiger partial charge in [-0.1, -0.05) is 29.8 Å². The molecule has 1 atom stereocenters. The standard InChI is InChI=1S/C18H22N4O/c1-14-4-6-15(7-5-14)11-21-18(23)16-3-2-10-22(13-16)17-12-19-8-9-20-17/h4-9,12,16H,2-3,10-11,13H2,1H3,(H,21,23)/t16-/m0/s1. The van der Waals surface area contributed by atoms with Crippen molar-refractivity contribution >= 4 is 11.7 Å². The largest absolute Gasteiger partial charge is 0.355 e. The van der Waals surface area contributed by atoms with Gasteiger partial charge in [0.15, 0.2) is 0 Å². The number of nitrogens with zero attached hydrogens (tertiary/aromatic N) is 3. The summed E-state index contributed by atoms with van der Waals surface area (Å²) in [6, 6.07) is 8.25. The van der Waals surface area contributed by atoms with Gasteiger partial charge in [0.2, 0.25) is 5.91 Å². The minimum atomic E-state index is 0.0104. The molecule has 1 aliphatic heterocycles. The molecule has 0 unspecified atom stereocenters. The third kappa shape index (κ3) is 4.06. The van der Waals surface area contributed by atoms with Crippen LogP contribution in [0.4, 0.5) is 5.82 Å². The van der Waals surface area contributed by atoms with Gasteiger partial charge in [-0.05, 0) is 25.3 Å². The van der Waals surface area contributed by atoms with E-state index in [1.165, 1.54) is 5.56 Å². The first kappa shape index (κ1) is 15.5. The monoisotopic (exact) mass is 310 g/mol. The van der Waals surface area contributed by atoms with Crippen molar-refractivity contribution in [3.8, 4) is 0 Å². The van der Waals surface area contributed by atoms with Gasteiger partial charge in [0.25, 0.3) is 0 Å². The Kier molecular flexibility index (Phi) is 4.86. The Hall–Kier alpha value is -2.43. The van der Waals surface area contributed by atoms with Crippen LogP contribution in [0.15, 0.2) is 42.9 Å². The van der Waals surface area contributed by atoms with Gasteiger partial charge in [0.05, 0.1) is 12.1 Å². The number of aryl methyl sites for hydroxylation is 1. The second kappa shape index (κ2) is 7.22. The lowest BCUT2D eigenvalue weighted by molar-refractivity contribution is -0.125. The number of rotatable bonds is 4. The van der Waals surface area contributed by atoms with E-state index < -0.39 is 0 Å². The quantitative estimate of drug-likeness (QED) is 0.941. The lowest BCUT2D eigenvalue weighted by Crippen LogP contribution is -2.43. The Bertz CT molecular complexity index is 642. The first-order chi connectivity index (χ1) is 11.2. The number of hydrogen-bond acceptors (Lipinski definition) is 4. The summed E-state index contributed by atoms with van der Waals surface area (Å²) >= 11 is 0. The summed E-state index contributed by atoms with van der Waals surface area (Å²) in [5, 5.41) is 3.06. The maximum Gasteiger partial charge on any atom is 0.225 e. The van der Waals surface area contributed by atoms with Crippen molar-refractivity contribution < 1.29 is 4.79 Å². The number of aromatic nitrogens is 2. The van der Waals surface area contributed by atoms with Crippen molar-refractivity contribution in [2.45, 2.75) is 26.3 Å². The van der Waals surface area contributed by atoms with Crippen LogP contribution in [0, 0.1) is 12.8 Å². The minimum absolute atomic E-state index is 0.0104. The number of nitrogens with one attached hydrogen (secondary N) is 1. The van der Waals surface area contributed by atoms with Crippen molar-refractivity contribution in [2.24, 2.45) is 5.92 Å². The summed E-state index contributed by atoms with van der Waals surface area (Å²) in [5.41, 5.74) is 2.36. The van der Waals surface area contributed by atoms with Crippen molar-refractivity contribution in [1.29, 1.82) is 0 Å². The topological polar surface area (TPSA) is 58.1 Å². The van der Waals surface area contributed by atoms with E-state index in [9.17, 15) is 4.79 Å². The highest BCUT2D eigenvalue weighted by atomic mass is 16.1. The Labute approximate surface area is 136 Å². The normalized spacial score (nSPS) is 17.8. The summed E-state index contributed by atoms with van der Waals surface area (Å²) in [4.78, 5) is 23.0. The van der Waals surface area contributed by atoms with Gasteiger partial charge in [-0.25, -0.2) is 4.98 Å². The molecule has 5 nitrogen and oxygen atoms in total. The maximum absolute atomic E-state index is 12.4. The summed E-state index contributed by atoms with van der Waals surface area (Å²) in [6.45, 7) is 4.28. The van der Waals surface area contributed by atoms with Gasteiger partial charge in [-0.2, -0.15) is 0 Å². The molecular formula is C18H22N4O. The van der Waals surface area contributed by atoms with E-state index in [-0.39, 0.29) is 11.8 Å². The number of amides is 1. The molecule has 0 spiro atoms. The molecule has 1 aromatic carbocycles. The van der Waals surface area contributed by atoms with Crippen LogP contribution < -0.4 is 10.2 Å². The third-order valence-corrected chi connectivity index (χ3v) is 4.25. The molecule has 1 amide bonds. The highest BCUT2D eigenvalue weighted by Gasteiger charge is 2.26. The van der Waals surface area contributed by atoms with Gasteiger partial charge in [-0.3, -0.25) is 9.78 Å². The number of hydrogen-bond donors (Lipinski definition) is 1. The van der Waals surface area contributed by atoms with Crippen LogP contribution in [0.1, 0.15) is 24.0 Å². The molecule has 1 aliphatic rings. The third-order valence-electron chi connectivity index (χ3n) is 4.25. The highest BCUT2D eigenvalue weighted by Crippen LogP contribution is 2.21. The highest BCUT2D eigenvalue weighted by molar-refractivity contribution is 5.79. The van der Waals surface area contributed by atoms with Crippen LogP contribution in [-0.4, -0.2) is 29.0 Å². The molecule has 23 heavy (non-hydrogen) atoms. The van der Waals surface area contributed by atoms with Crippen LogP contribution in [0.25, 0.3) is 0 Å². The fourth-order valence-corrected chi connectivity index (χ4v) is 2.89. The molecule has 1 saturated heterocycles. The Balaban J connectivity index is 1.55. The molecule has 5 heteroatoms. The number of anilines is 1. The van der Waals surface area contributed by atoms with Gasteiger partial charge < -0.3 is 10.2 Å². The molecule has 0 aliphatic carbocycles. The van der Waals surface area contributed by atoms with Crippen molar-refractivity contribution in [2.75, 3.05) is 18.0 Å². The Morgan fingerprint density at radius 2 is 2.13 bits per heavy atom. The smallest absolute Gasteiger partial charge is 0.225 e. The summed E-state index contributed by atoms with van der Waals surface area (Å²) in [5.74, 6) is 0.985. The molecule has 2 aromatic rings. The average molecular weight is 310 g/mol. The lowest BCUT2D eigenvalue weighted by Gasteiger charge is -2.32. The zero-order valence-electron chi connectivity index (χ0n) is 13.4. The summed E-state index contributed by atoms with van der Waals surface area (Å²) < 4.78 is 0. The summed E-state index contributed by atoms with van der Waals surface area (Å²) in [7, 11) is 0. The minimum Gasteiger partial charge on any atom is -0.355 e. The molecule has 1 fully saturated rings. The lowest BCUT2D eigenvalue weighted by atomic mass is 9.97. The van der Waals surface area contributed by atoms with E-state index in [4.69, 9.17) is 0 Å². The fraction of sp³-hybridized carbons (Fsp3) is 0.389. The first-order valence-corrected chi connectivity index (χ1v) is 8.06. The van der Waals surface area contributed by atoms with E-state index in [1.54, 1.807) is 18.6 Å². The van der Waals surface area contributed by atoms with Crippen LogP contribution in [0.2, 0.25) is 0 Å². The van der Waals surface area contributed by atoms with Gasteiger partial charge in [0.1, 0.15) is 5.82 Å². The molecule has 0 bridgehead atoms. The zero-order valence-corrected chi connectivity index (χ0v) is 13.4. The average Bonchev–Trinajstić information content (AvgIpc) is 2.62. The van der Waals surface area contributed by atoms with E-state index in [0.717, 1.165) is 30.8 Å². The van der Waals surface area contributed by atoms with Crippen LogP contribution in [0.5, 0.6) is 0 Å². The predicted octanol–water partition coefficient (Wildman–Crippen LogP) is 2.32. The number of carbonyl (C=O) groups is 1. The van der Waals surface area contributed by atoms with E-state index in [1.807, 2.05) is 0 Å². The Morgan fingerprint density at radius 3 is 2.87 bits per heavy atom. The molecular weight excluding hydrogens is 288 g/mol. The zero-order chi connectivity index (χ0) is 16.1. The molecule has 1 N–H and O–H groups in total. The van der Waals surface area contributed by atoms with Crippen LogP contribution in [-0.2, 0) is 11.3 Å². The fourth-order valence-electron chi connectivity index (χ4n) is 2.89. The van der Waals surface area contributed by atoms with Gasteiger partial charge in [0, 0.05) is 32.0 Å². The second-order valence-electron chi connectivity index (χ2n) is 6.05. The van der Waals surface area contributed by atoms with Crippen LogP contribution >= 0.6 is 0 Å². The van der Waals surface area contributed by atoms with Gasteiger partial charge >= 0.3 is 0 Å². The molecule has 1 aromatic heterocycles. The number of carbonyl (C=O) groups excluding carboxylic acids is 1. The Morgan fingerprint density at radius 1 is 1.30 bits per heavy atom. The van der Waals surface area contributed by atoms with E-state index >= 15 is 0 Å². The molecule has 3 rings (SSSR count). The molecule has 120 valence electrons. The first-order valence-electron chi connectivity index (χ1n) is 8.06. The van der Waals surface area contributed by atoms with Crippen molar-refractivity contribution in [3.05, 3.63) is 54.0 Å². The van der Waals surface area contributed by atoms with E-state index in [2.05, 4.69) is 51.4 Å². The molecule has 2 heterocycles. The van der Waals surface area contributed by atoms with E-state index in [0.29, 0.717) is 13.1 Å². The van der Waals surface area contributed by atoms with Crippen molar-refractivity contribution in [1.82, 2.24) is 15.3 Å². The van der Waals surface area contributed by atoms with Gasteiger partial charge in [-0.15, -0.1) is 0 Å². The van der Waals surface area contributed by atoms with Crippen LogP contribution in [0.3, 0.4) is 0 Å². The second-order valence-corrected chi connectivity index (χ2v) is 6.05. The SMILES string of the molecule is Cc1ccc(CNC(=O)[C@H]2CCCN(c3cnccn3)C2)cc1.